The smallest absolute Gasteiger partial charge is 0.243 e. The van der Waals surface area contributed by atoms with Gasteiger partial charge in [-0.05, 0) is 159 Å². The van der Waals surface area contributed by atoms with Gasteiger partial charge in [0.05, 0.1) is 6.04 Å². The van der Waals surface area contributed by atoms with Gasteiger partial charge in [0, 0.05) is 58.0 Å². The van der Waals surface area contributed by atoms with E-state index in [1.807, 2.05) is 49.9 Å². The molecule has 0 bridgehead atoms. The van der Waals surface area contributed by atoms with Gasteiger partial charge in [0.15, 0.2) is 11.9 Å². The first kappa shape index (κ1) is 75.2. The molecule has 1 aliphatic rings. The largest absolute Gasteiger partial charge is 0.508 e. The van der Waals surface area contributed by atoms with E-state index in [1.54, 1.807) is 43.3 Å². The van der Waals surface area contributed by atoms with Crippen molar-refractivity contribution in [1.82, 2.24) is 42.1 Å². The van der Waals surface area contributed by atoms with Gasteiger partial charge in [-0.2, -0.15) is 0 Å². The SMILES string of the molecule is CC[C@H](C)[C@H](NC(=O)[C@H](Cc1ccc(O)cc1)NC(=O)[C@H](Cc1ccc(O)cc1)NC(=O)[C@H](CCCN=C(N)N)NC(=O)CCN1Cc2ccccc2C[C@H](NC(=O)[C@@H](CCCN=C(N)N)NC(=O)[C@@H](N)Cc2c(C)cc(O)cc2C)C1)C(=O)N[C@@H](CCCCN)C(N)=O. The fraction of sp³-hybridized carbons (Fsp3) is 0.485. The lowest BCUT2D eigenvalue weighted by molar-refractivity contribution is -0.135. The number of nitrogens with zero attached hydrogens (tertiary/aromatic N) is 3. The number of hydrogen-bond donors (Lipinski definition) is 17. The van der Waals surface area contributed by atoms with Crippen molar-refractivity contribution in [2.45, 2.75) is 166 Å². The molecule has 0 saturated carbocycles. The number of benzene rings is 4. The molecule has 4 aromatic carbocycles. The highest BCUT2D eigenvalue weighted by Gasteiger charge is 2.35. The Morgan fingerprint density at radius 2 is 1.06 bits per heavy atom. The van der Waals surface area contributed by atoms with Crippen molar-refractivity contribution in [2.75, 3.05) is 32.7 Å². The van der Waals surface area contributed by atoms with E-state index in [4.69, 9.17) is 40.1 Å². The number of phenolic OH excluding ortho intramolecular Hbond substituents is 3. The molecule has 0 aromatic heterocycles. The molecule has 0 unspecified atom stereocenters. The number of aliphatic imine (C=N–C) groups is 2. The number of nitrogens with two attached hydrogens (primary N) is 7. The van der Waals surface area contributed by atoms with Crippen LogP contribution in [0.1, 0.15) is 111 Å². The minimum atomic E-state index is -1.44. The lowest BCUT2D eigenvalue weighted by Gasteiger charge is -2.29. The molecule has 0 radical (unpaired) electrons. The van der Waals surface area contributed by atoms with Gasteiger partial charge in [-0.3, -0.25) is 53.2 Å². The number of nitrogens with one attached hydrogen (secondary N) is 7. The number of amides is 8. The van der Waals surface area contributed by atoms with E-state index < -0.39 is 102 Å². The van der Waals surface area contributed by atoms with Gasteiger partial charge >= 0.3 is 0 Å². The summed E-state index contributed by atoms with van der Waals surface area (Å²) in [6, 6.07) is 13.7. The molecule has 512 valence electrons. The zero-order valence-corrected chi connectivity index (χ0v) is 54.2. The first-order valence-electron chi connectivity index (χ1n) is 31.8. The molecule has 8 amide bonds. The van der Waals surface area contributed by atoms with Gasteiger partial charge in [-0.1, -0.05) is 68.8 Å². The third-order valence-corrected chi connectivity index (χ3v) is 16.5. The quantitative estimate of drug-likeness (QED) is 0.0152. The third kappa shape index (κ3) is 25.2. The van der Waals surface area contributed by atoms with E-state index in [0.717, 1.165) is 27.8 Å². The van der Waals surface area contributed by atoms with E-state index in [1.165, 1.54) is 24.3 Å². The highest BCUT2D eigenvalue weighted by atomic mass is 16.3. The van der Waals surface area contributed by atoms with Crippen LogP contribution in [0.4, 0.5) is 0 Å². The summed E-state index contributed by atoms with van der Waals surface area (Å²) in [5.74, 6) is -6.29. The van der Waals surface area contributed by atoms with Gasteiger partial charge in [0.2, 0.25) is 47.3 Å². The summed E-state index contributed by atoms with van der Waals surface area (Å²) in [5, 5.41) is 50.3. The fourth-order valence-corrected chi connectivity index (χ4v) is 11.1. The average molecular weight is 1300 g/mol. The number of carbonyl (C=O) groups excluding carboxylic acids is 8. The Morgan fingerprint density at radius 3 is 1.59 bits per heavy atom. The maximum Gasteiger partial charge on any atom is 0.243 e. The first-order chi connectivity index (χ1) is 44.7. The van der Waals surface area contributed by atoms with Crippen molar-refractivity contribution >= 4 is 59.2 Å². The molecule has 0 saturated heterocycles. The summed E-state index contributed by atoms with van der Waals surface area (Å²) in [6.07, 6.45) is 2.46. The Kier molecular flexibility index (Phi) is 30.3. The number of phenols is 3. The number of rotatable bonds is 37. The van der Waals surface area contributed by atoms with Crippen LogP contribution in [-0.4, -0.2) is 160 Å². The molecule has 4 aromatic rings. The zero-order chi connectivity index (χ0) is 69.0. The maximum absolute atomic E-state index is 14.9. The summed E-state index contributed by atoms with van der Waals surface area (Å²) in [7, 11) is 0. The Morgan fingerprint density at radius 1 is 0.574 bits per heavy atom. The van der Waals surface area contributed by atoms with Gasteiger partial charge in [-0.15, -0.1) is 0 Å². The van der Waals surface area contributed by atoms with E-state index in [9.17, 15) is 53.7 Å². The van der Waals surface area contributed by atoms with Crippen LogP contribution < -0.4 is 77.4 Å². The van der Waals surface area contributed by atoms with E-state index >= 15 is 0 Å². The van der Waals surface area contributed by atoms with Crippen molar-refractivity contribution < 1.29 is 53.7 Å². The van der Waals surface area contributed by atoms with Gasteiger partial charge in [0.1, 0.15) is 53.5 Å². The summed E-state index contributed by atoms with van der Waals surface area (Å²) >= 11 is 0. The van der Waals surface area contributed by atoms with Gasteiger partial charge < -0.3 is 92.7 Å². The van der Waals surface area contributed by atoms with Crippen LogP contribution in [0.2, 0.25) is 0 Å². The van der Waals surface area contributed by atoms with E-state index in [2.05, 4.69) is 47.2 Å². The Bertz CT molecular complexity index is 3230. The highest BCUT2D eigenvalue weighted by Crippen LogP contribution is 2.24. The highest BCUT2D eigenvalue weighted by molar-refractivity contribution is 5.97. The number of primary amides is 1. The second-order valence-electron chi connectivity index (χ2n) is 24.1. The van der Waals surface area contributed by atoms with Gasteiger partial charge in [0.25, 0.3) is 0 Å². The zero-order valence-electron chi connectivity index (χ0n) is 54.2. The van der Waals surface area contributed by atoms with Crippen molar-refractivity contribution in [3.63, 3.8) is 0 Å². The second kappa shape index (κ2) is 37.8. The van der Waals surface area contributed by atoms with Crippen molar-refractivity contribution in [3.05, 3.63) is 124 Å². The minimum absolute atomic E-state index is 0.00761. The Hall–Kier alpha value is -9.54. The van der Waals surface area contributed by atoms with Crippen LogP contribution in [0, 0.1) is 19.8 Å². The molecule has 28 heteroatoms. The molecule has 0 spiro atoms. The number of aromatic hydroxyl groups is 3. The molecular formula is C66H97N17O11. The van der Waals surface area contributed by atoms with Crippen LogP contribution in [0.3, 0.4) is 0 Å². The summed E-state index contributed by atoms with van der Waals surface area (Å²) < 4.78 is 0. The second-order valence-corrected chi connectivity index (χ2v) is 24.1. The number of guanidine groups is 2. The summed E-state index contributed by atoms with van der Waals surface area (Å²) in [5.41, 5.74) is 45.4. The average Bonchev–Trinajstić information content (AvgIpc) is 1.35. The van der Waals surface area contributed by atoms with Crippen LogP contribution in [0.25, 0.3) is 0 Å². The predicted octanol–water partition coefficient (Wildman–Crippen LogP) is -0.615. The lowest BCUT2D eigenvalue weighted by atomic mass is 9.95. The Balaban J connectivity index is 1.38. The van der Waals surface area contributed by atoms with Crippen LogP contribution >= 0.6 is 0 Å². The number of unbranched alkanes of at least 4 members (excludes halogenated alkanes) is 1. The molecule has 1 aliphatic heterocycles. The fourth-order valence-electron chi connectivity index (χ4n) is 11.1. The summed E-state index contributed by atoms with van der Waals surface area (Å²) in [6.45, 7) is 8.60. The minimum Gasteiger partial charge on any atom is -0.508 e. The van der Waals surface area contributed by atoms with E-state index in [0.29, 0.717) is 56.3 Å². The molecule has 28 nitrogen and oxygen atoms in total. The predicted molar refractivity (Wildman–Crippen MR) is 358 cm³/mol. The topological polar surface area (TPSA) is 492 Å². The van der Waals surface area contributed by atoms with Crippen LogP contribution in [-0.2, 0) is 70.6 Å². The van der Waals surface area contributed by atoms with E-state index in [-0.39, 0.29) is 107 Å². The standard InChI is InChI=1S/C66H97N17O11/c1-5-38(2)57(64(94)78-51(58(69)88)14-8-9-26-67)82-63(93)55(33-42-19-23-47(85)24-20-42)81-62(92)54(32-41-17-21-46(84)22-18-41)80-61(91)52(15-10-27-74-65(70)71)77-56(87)25-29-83-36-44-13-7-6-12-43(44)34-45(37-83)76-60(90)53(16-11-28-75-66(72)73)79-59(89)50(68)35-49-39(3)30-48(86)31-40(49)4/h6-7,12-13,17-24,30-31,38,45,50-55,57,84-86H,5,8-11,14-16,25-29,32-37,67-68H2,1-4H3,(H2,69,88)(H,76,90)(H,77,87)(H,78,94)(H,79,89)(H,80,91)(H,81,92)(H,82,93)(H4,70,71,74)(H4,72,73,75)/t38-,45-,50-,51-,52-,53+,54-,55-,57-/m0/s1. The normalized spacial score (nSPS) is 15.4. The molecule has 9 atom stereocenters. The molecule has 1 heterocycles. The van der Waals surface area contributed by atoms with Crippen molar-refractivity contribution in [1.29, 1.82) is 0 Å². The molecule has 5 rings (SSSR count). The molecule has 0 fully saturated rings. The summed E-state index contributed by atoms with van der Waals surface area (Å²) in [4.78, 5) is 123. The third-order valence-electron chi connectivity index (χ3n) is 16.5. The number of aryl methyl sites for hydroxylation is 2. The van der Waals surface area contributed by atoms with Crippen LogP contribution in [0.5, 0.6) is 17.2 Å². The molecular weight excluding hydrogens is 1210 g/mol. The molecule has 94 heavy (non-hydrogen) atoms. The Labute approximate surface area is 548 Å². The lowest BCUT2D eigenvalue weighted by Crippen LogP contribution is -2.60. The van der Waals surface area contributed by atoms with Crippen molar-refractivity contribution in [3.8, 4) is 17.2 Å². The molecule has 0 aliphatic carbocycles. The van der Waals surface area contributed by atoms with Crippen LogP contribution in [0.15, 0.2) is 94.9 Å². The number of hydrogen-bond acceptors (Lipinski definition) is 16. The first-order valence-corrected chi connectivity index (χ1v) is 31.8. The molecule has 24 N–H and O–H groups in total. The number of fused-ring (bicyclic) bond motifs is 1. The van der Waals surface area contributed by atoms with Crippen molar-refractivity contribution in [2.24, 2.45) is 56.0 Å². The number of carbonyl (C=O) groups is 8. The van der Waals surface area contributed by atoms with Gasteiger partial charge in [-0.25, -0.2) is 0 Å². The monoisotopic (exact) mass is 1300 g/mol. The maximum atomic E-state index is 14.9.